The Bertz CT molecular complexity index is 663. The van der Waals surface area contributed by atoms with Crippen LogP contribution in [0.2, 0.25) is 0 Å². The lowest BCUT2D eigenvalue weighted by Crippen LogP contribution is -2.18. The summed E-state index contributed by atoms with van der Waals surface area (Å²) in [5.41, 5.74) is 7.82. The monoisotopic (exact) mass is 283 g/mol. The highest BCUT2D eigenvalue weighted by molar-refractivity contribution is 6.52. The lowest BCUT2D eigenvalue weighted by Gasteiger charge is -2.08. The van der Waals surface area contributed by atoms with E-state index in [1.165, 1.54) is 0 Å². The fourth-order valence-electron chi connectivity index (χ4n) is 1.92. The van der Waals surface area contributed by atoms with E-state index in [0.29, 0.717) is 34.8 Å². The maximum atomic E-state index is 12.6. The normalized spacial score (nSPS) is 11.2. The van der Waals surface area contributed by atoms with Crippen molar-refractivity contribution < 1.29 is 9.53 Å². The molecule has 1 aromatic heterocycles. The number of nitrogens with two attached hydrogens (primary N) is 1. The van der Waals surface area contributed by atoms with Crippen molar-refractivity contribution in [2.45, 2.75) is 6.92 Å². The molecule has 0 spiro atoms. The molecule has 0 aliphatic carbocycles. The van der Waals surface area contributed by atoms with Crippen molar-refractivity contribution in [2.24, 2.45) is 4.99 Å². The van der Waals surface area contributed by atoms with Crippen molar-refractivity contribution in [2.75, 3.05) is 19.4 Å². The summed E-state index contributed by atoms with van der Waals surface area (Å²) in [5.74, 6) is 0.514. The Morgan fingerprint density at radius 3 is 2.57 bits per heavy atom. The van der Waals surface area contributed by atoms with E-state index in [1.807, 2.05) is 6.92 Å². The Morgan fingerprint density at radius 2 is 2.00 bits per heavy atom. The molecule has 0 atom stereocenters. The zero-order chi connectivity index (χ0) is 15.2. The number of aromatic nitrogens is 1. The number of rotatable bonds is 5. The minimum atomic E-state index is -0.181. The number of nitrogens with zero attached hydrogens (tertiary/aromatic N) is 2. The van der Waals surface area contributed by atoms with Crippen molar-refractivity contribution in [3.63, 3.8) is 0 Å². The maximum absolute atomic E-state index is 12.6. The molecule has 2 rings (SSSR count). The first-order valence-electron chi connectivity index (χ1n) is 6.60. The van der Waals surface area contributed by atoms with Gasteiger partial charge in [0, 0.05) is 35.8 Å². The van der Waals surface area contributed by atoms with Crippen LogP contribution in [0, 0.1) is 0 Å². The molecule has 0 fully saturated rings. The van der Waals surface area contributed by atoms with E-state index >= 15 is 0 Å². The highest BCUT2D eigenvalue weighted by Crippen LogP contribution is 2.17. The van der Waals surface area contributed by atoms with Crippen LogP contribution >= 0.6 is 0 Å². The number of benzene rings is 1. The van der Waals surface area contributed by atoms with Crippen molar-refractivity contribution in [1.82, 2.24) is 4.98 Å². The van der Waals surface area contributed by atoms with Crippen LogP contribution in [0.15, 0.2) is 47.7 Å². The van der Waals surface area contributed by atoms with Gasteiger partial charge < -0.3 is 10.5 Å². The van der Waals surface area contributed by atoms with Gasteiger partial charge in [-0.3, -0.25) is 14.8 Å². The molecule has 1 aromatic carbocycles. The van der Waals surface area contributed by atoms with Gasteiger partial charge in [0.15, 0.2) is 0 Å². The Hall–Kier alpha value is -2.69. The first kappa shape index (κ1) is 14.7. The SMILES string of the molecule is CCN=C(C(=O)c1ccc(OC)cc1)c1cnccc1N. The number of ketones is 1. The van der Waals surface area contributed by atoms with Crippen LogP contribution in [0.3, 0.4) is 0 Å². The Kier molecular flexibility index (Phi) is 4.66. The van der Waals surface area contributed by atoms with Gasteiger partial charge in [-0.05, 0) is 37.3 Å². The van der Waals surface area contributed by atoms with Gasteiger partial charge in [0.05, 0.1) is 7.11 Å². The number of ether oxygens (including phenoxy) is 1. The van der Waals surface area contributed by atoms with Gasteiger partial charge in [-0.1, -0.05) is 0 Å². The lowest BCUT2D eigenvalue weighted by atomic mass is 10.0. The first-order chi connectivity index (χ1) is 10.2. The number of anilines is 1. The Morgan fingerprint density at radius 1 is 1.29 bits per heavy atom. The summed E-state index contributed by atoms with van der Waals surface area (Å²) >= 11 is 0. The van der Waals surface area contributed by atoms with Crippen molar-refractivity contribution in [1.29, 1.82) is 0 Å². The van der Waals surface area contributed by atoms with E-state index in [1.54, 1.807) is 49.8 Å². The number of methoxy groups -OCH3 is 1. The molecule has 21 heavy (non-hydrogen) atoms. The minimum Gasteiger partial charge on any atom is -0.497 e. The number of pyridine rings is 1. The van der Waals surface area contributed by atoms with E-state index in [9.17, 15) is 4.79 Å². The molecule has 5 heteroatoms. The van der Waals surface area contributed by atoms with Gasteiger partial charge in [-0.15, -0.1) is 0 Å². The van der Waals surface area contributed by atoms with Crippen LogP contribution in [0.1, 0.15) is 22.8 Å². The fourth-order valence-corrected chi connectivity index (χ4v) is 1.92. The van der Waals surface area contributed by atoms with Gasteiger partial charge in [0.2, 0.25) is 5.78 Å². The maximum Gasteiger partial charge on any atom is 0.211 e. The highest BCUT2D eigenvalue weighted by atomic mass is 16.5. The number of nitrogen functional groups attached to an aromatic ring is 1. The molecule has 0 aliphatic heterocycles. The predicted octanol–water partition coefficient (Wildman–Crippen LogP) is 2.36. The van der Waals surface area contributed by atoms with Crippen molar-refractivity contribution in [3.05, 3.63) is 53.9 Å². The molecule has 5 nitrogen and oxygen atoms in total. The van der Waals surface area contributed by atoms with Crippen molar-refractivity contribution in [3.8, 4) is 5.75 Å². The second kappa shape index (κ2) is 6.65. The van der Waals surface area contributed by atoms with Crippen LogP contribution in [-0.2, 0) is 0 Å². The van der Waals surface area contributed by atoms with Gasteiger partial charge >= 0.3 is 0 Å². The third-order valence-electron chi connectivity index (χ3n) is 2.99. The van der Waals surface area contributed by atoms with Crippen molar-refractivity contribution >= 4 is 17.2 Å². The summed E-state index contributed by atoms with van der Waals surface area (Å²) in [6.07, 6.45) is 3.14. The quantitative estimate of drug-likeness (QED) is 0.675. The van der Waals surface area contributed by atoms with Crippen LogP contribution < -0.4 is 10.5 Å². The van der Waals surface area contributed by atoms with E-state index in [2.05, 4.69) is 9.98 Å². The summed E-state index contributed by atoms with van der Waals surface area (Å²) in [7, 11) is 1.58. The average Bonchev–Trinajstić information content (AvgIpc) is 2.53. The number of hydrogen-bond donors (Lipinski definition) is 1. The van der Waals surface area contributed by atoms with E-state index < -0.39 is 0 Å². The molecule has 0 saturated carbocycles. The minimum absolute atomic E-state index is 0.181. The predicted molar refractivity (Wildman–Crippen MR) is 83.1 cm³/mol. The summed E-state index contributed by atoms with van der Waals surface area (Å²) in [6, 6.07) is 8.55. The number of aliphatic imine (C=N–C) groups is 1. The zero-order valence-corrected chi connectivity index (χ0v) is 12.0. The average molecular weight is 283 g/mol. The molecular formula is C16H17N3O2. The van der Waals surface area contributed by atoms with E-state index in [0.717, 1.165) is 0 Å². The molecule has 2 N–H and O–H groups in total. The molecule has 0 aliphatic rings. The number of carbonyl (C=O) groups excluding carboxylic acids is 1. The van der Waals surface area contributed by atoms with Crippen LogP contribution in [-0.4, -0.2) is 30.1 Å². The smallest absolute Gasteiger partial charge is 0.211 e. The lowest BCUT2D eigenvalue weighted by molar-refractivity contribution is 0.106. The summed E-state index contributed by atoms with van der Waals surface area (Å²) in [4.78, 5) is 20.9. The van der Waals surface area contributed by atoms with E-state index in [-0.39, 0.29) is 5.78 Å². The molecule has 2 aromatic rings. The molecule has 1 heterocycles. The van der Waals surface area contributed by atoms with Gasteiger partial charge in [0.1, 0.15) is 11.5 Å². The Balaban J connectivity index is 2.41. The number of carbonyl (C=O) groups is 1. The first-order valence-corrected chi connectivity index (χ1v) is 6.60. The van der Waals surface area contributed by atoms with E-state index in [4.69, 9.17) is 10.5 Å². The molecule has 0 bridgehead atoms. The molecule has 0 radical (unpaired) electrons. The van der Waals surface area contributed by atoms with Gasteiger partial charge in [0.25, 0.3) is 0 Å². The summed E-state index contributed by atoms with van der Waals surface area (Å²) in [6.45, 7) is 2.36. The molecule has 108 valence electrons. The zero-order valence-electron chi connectivity index (χ0n) is 12.0. The number of Topliss-reactive ketones (excluding diaryl/α,β-unsaturated/α-hetero) is 1. The number of hydrogen-bond acceptors (Lipinski definition) is 5. The largest absolute Gasteiger partial charge is 0.497 e. The topological polar surface area (TPSA) is 77.6 Å². The molecule has 0 unspecified atom stereocenters. The third-order valence-corrected chi connectivity index (χ3v) is 2.99. The second-order valence-corrected chi connectivity index (χ2v) is 4.34. The fraction of sp³-hybridized carbons (Fsp3) is 0.188. The third kappa shape index (κ3) is 3.25. The van der Waals surface area contributed by atoms with Crippen LogP contribution in [0.4, 0.5) is 5.69 Å². The Labute approximate surface area is 123 Å². The van der Waals surface area contributed by atoms with Crippen LogP contribution in [0.5, 0.6) is 5.75 Å². The summed E-state index contributed by atoms with van der Waals surface area (Å²) in [5, 5.41) is 0. The molecule has 0 saturated heterocycles. The van der Waals surface area contributed by atoms with Crippen LogP contribution in [0.25, 0.3) is 0 Å². The molecule has 0 amide bonds. The standard InChI is InChI=1S/C16H17N3O2/c1-3-19-15(13-10-18-9-8-14(13)17)16(20)11-4-6-12(21-2)7-5-11/h4-10H,3H2,1-2H3,(H2,17,18). The highest BCUT2D eigenvalue weighted by Gasteiger charge is 2.18. The van der Waals surface area contributed by atoms with Gasteiger partial charge in [-0.2, -0.15) is 0 Å². The summed E-state index contributed by atoms with van der Waals surface area (Å²) < 4.78 is 5.09. The molecular weight excluding hydrogens is 266 g/mol. The van der Waals surface area contributed by atoms with Gasteiger partial charge in [-0.25, -0.2) is 0 Å². The second-order valence-electron chi connectivity index (χ2n) is 4.34.